The number of nitrogens with one attached hydrogen (secondary N) is 1. The Bertz CT molecular complexity index is 1270. The number of benzene rings is 2. The van der Waals surface area contributed by atoms with E-state index in [9.17, 15) is 4.79 Å². The molecule has 0 fully saturated rings. The van der Waals surface area contributed by atoms with Gasteiger partial charge in [-0.2, -0.15) is 0 Å². The van der Waals surface area contributed by atoms with Crippen molar-refractivity contribution in [3.63, 3.8) is 0 Å². The monoisotopic (exact) mass is 451 g/mol. The van der Waals surface area contributed by atoms with Crippen molar-refractivity contribution in [3.05, 3.63) is 64.7 Å². The number of carbonyl (C=O) groups excluding carboxylic acids is 1. The third-order valence-electron chi connectivity index (χ3n) is 5.16. The first kappa shape index (κ1) is 22.0. The summed E-state index contributed by atoms with van der Waals surface area (Å²) in [6, 6.07) is 15.1. The maximum atomic E-state index is 13.1. The molecule has 8 heteroatoms. The van der Waals surface area contributed by atoms with Crippen LogP contribution in [-0.2, 0) is 11.3 Å². The highest BCUT2D eigenvalue weighted by atomic mass is 35.5. The van der Waals surface area contributed by atoms with Crippen molar-refractivity contribution in [1.29, 1.82) is 0 Å². The van der Waals surface area contributed by atoms with Crippen LogP contribution in [-0.4, -0.2) is 39.7 Å². The van der Waals surface area contributed by atoms with Crippen LogP contribution in [0.2, 0.25) is 5.02 Å². The number of nitrogen functional groups attached to an aromatic ring is 1. The summed E-state index contributed by atoms with van der Waals surface area (Å²) in [6.45, 7) is 5.39. The summed E-state index contributed by atoms with van der Waals surface area (Å²) in [5, 5.41) is 3.56. The average molecular weight is 452 g/mol. The number of para-hydroxylation sites is 2. The van der Waals surface area contributed by atoms with Crippen LogP contribution in [0.1, 0.15) is 36.2 Å². The lowest BCUT2D eigenvalue weighted by Crippen LogP contribution is -2.26. The number of nitrogens with zero attached hydrogens (tertiary/aromatic N) is 3. The van der Waals surface area contributed by atoms with Crippen molar-refractivity contribution in [2.45, 2.75) is 32.9 Å². The molecule has 0 atom stereocenters. The molecule has 4 aromatic rings. The Morgan fingerprint density at radius 1 is 1.12 bits per heavy atom. The second-order valence-corrected chi connectivity index (χ2v) is 8.26. The molecule has 0 unspecified atom stereocenters. The number of nitrogens with two attached hydrogens (primary N) is 1. The number of anilines is 1. The Labute approximate surface area is 191 Å². The first-order valence-electron chi connectivity index (χ1n) is 10.6. The average Bonchev–Trinajstić information content (AvgIpc) is 3.03. The zero-order chi connectivity index (χ0) is 22.7. The van der Waals surface area contributed by atoms with E-state index < -0.39 is 0 Å². The Morgan fingerprint density at radius 3 is 2.53 bits per heavy atom. The summed E-state index contributed by atoms with van der Waals surface area (Å²) in [5.74, 6) is 0.0330. The summed E-state index contributed by atoms with van der Waals surface area (Å²) in [4.78, 5) is 22.6. The first-order chi connectivity index (χ1) is 15.5. The number of hydrogen-bond acceptors (Lipinski definition) is 5. The summed E-state index contributed by atoms with van der Waals surface area (Å²) >= 11 is 6.38. The van der Waals surface area contributed by atoms with E-state index in [1.165, 1.54) is 0 Å². The van der Waals surface area contributed by atoms with E-state index in [2.05, 4.69) is 5.32 Å². The van der Waals surface area contributed by atoms with Crippen LogP contribution < -0.4 is 11.1 Å². The summed E-state index contributed by atoms with van der Waals surface area (Å²) in [5.41, 5.74) is 10.2. The predicted molar refractivity (Wildman–Crippen MR) is 128 cm³/mol. The van der Waals surface area contributed by atoms with Gasteiger partial charge in [0, 0.05) is 18.2 Å². The molecule has 7 nitrogen and oxygen atoms in total. The van der Waals surface area contributed by atoms with Crippen LogP contribution >= 0.6 is 11.6 Å². The Hall–Kier alpha value is -3.16. The Balaban J connectivity index is 1.73. The fourth-order valence-corrected chi connectivity index (χ4v) is 3.77. The Morgan fingerprint density at radius 2 is 1.81 bits per heavy atom. The molecule has 2 aromatic heterocycles. The molecule has 4 rings (SSSR count). The lowest BCUT2D eigenvalue weighted by molar-refractivity contribution is 0.0757. The molecule has 3 N–H and O–H groups in total. The number of amides is 1. The molecule has 0 bridgehead atoms. The minimum atomic E-state index is -0.278. The number of hydrogen-bond donors (Lipinski definition) is 2. The van der Waals surface area contributed by atoms with Gasteiger partial charge in [-0.3, -0.25) is 4.79 Å². The minimum Gasteiger partial charge on any atom is -0.384 e. The third-order valence-corrected chi connectivity index (χ3v) is 5.53. The molecule has 0 spiro atoms. The number of carbonyl (C=O) groups is 1. The van der Waals surface area contributed by atoms with Crippen LogP contribution in [0.15, 0.2) is 48.5 Å². The molecule has 0 aliphatic heterocycles. The number of halogens is 1. The normalized spacial score (nSPS) is 11.5. The fraction of sp³-hybridized carbons (Fsp3) is 0.292. The van der Waals surface area contributed by atoms with Gasteiger partial charge in [-0.05, 0) is 44.0 Å². The maximum absolute atomic E-state index is 13.1. The molecule has 0 saturated heterocycles. The molecule has 1 amide bonds. The van der Waals surface area contributed by atoms with E-state index in [0.717, 1.165) is 11.1 Å². The molecule has 0 saturated carbocycles. The van der Waals surface area contributed by atoms with Crippen molar-refractivity contribution in [2.24, 2.45) is 0 Å². The van der Waals surface area contributed by atoms with Crippen LogP contribution in [0, 0.1) is 0 Å². The first-order valence-corrected chi connectivity index (χ1v) is 11.0. The van der Waals surface area contributed by atoms with Gasteiger partial charge in [-0.25, -0.2) is 9.97 Å². The lowest BCUT2D eigenvalue weighted by Gasteiger charge is -2.10. The van der Waals surface area contributed by atoms with E-state index in [1.807, 2.05) is 62.4 Å². The maximum Gasteiger partial charge on any atom is 0.257 e. The largest absolute Gasteiger partial charge is 0.384 e. The highest BCUT2D eigenvalue weighted by molar-refractivity contribution is 6.31. The molecule has 2 heterocycles. The minimum absolute atomic E-state index is 0.160. The van der Waals surface area contributed by atoms with Gasteiger partial charge in [0.2, 0.25) is 0 Å². The molecule has 0 radical (unpaired) electrons. The SMILES string of the molecule is CC(C)OCCCNC(=O)c1c(N)n(Cc2ccccc2Cl)c2nc3ccccc3nc12. The van der Waals surface area contributed by atoms with Gasteiger partial charge < -0.3 is 20.4 Å². The standard InChI is InChI=1S/C24H26ClN5O2/c1-15(2)32-13-7-12-27-24(31)20-21-23(29-19-11-6-5-10-18(19)28-21)30(22(20)26)14-16-8-3-4-9-17(16)25/h3-6,8-11,15H,7,12-14,26H2,1-2H3,(H,27,31). The predicted octanol–water partition coefficient (Wildman–Crippen LogP) is 4.41. The lowest BCUT2D eigenvalue weighted by atomic mass is 10.2. The Kier molecular flexibility index (Phi) is 6.58. The molecule has 0 aliphatic carbocycles. The third kappa shape index (κ3) is 4.54. The van der Waals surface area contributed by atoms with E-state index in [-0.39, 0.29) is 12.0 Å². The van der Waals surface area contributed by atoms with Gasteiger partial charge in [0.1, 0.15) is 16.9 Å². The number of aromatic nitrogens is 3. The van der Waals surface area contributed by atoms with Crippen molar-refractivity contribution in [2.75, 3.05) is 18.9 Å². The molecule has 0 aliphatic rings. The zero-order valence-electron chi connectivity index (χ0n) is 18.1. The highest BCUT2D eigenvalue weighted by Gasteiger charge is 2.24. The van der Waals surface area contributed by atoms with Crippen LogP contribution in [0.5, 0.6) is 0 Å². The van der Waals surface area contributed by atoms with Crippen molar-refractivity contribution >= 4 is 45.5 Å². The van der Waals surface area contributed by atoms with Gasteiger partial charge >= 0.3 is 0 Å². The van der Waals surface area contributed by atoms with E-state index in [1.54, 1.807) is 4.57 Å². The van der Waals surface area contributed by atoms with Gasteiger partial charge in [-0.1, -0.05) is 41.9 Å². The molecule has 32 heavy (non-hydrogen) atoms. The van der Waals surface area contributed by atoms with Gasteiger partial charge in [0.15, 0.2) is 5.65 Å². The quantitative estimate of drug-likeness (QED) is 0.387. The van der Waals surface area contributed by atoms with Gasteiger partial charge in [-0.15, -0.1) is 0 Å². The smallest absolute Gasteiger partial charge is 0.257 e. The molecule has 2 aromatic carbocycles. The van der Waals surface area contributed by atoms with E-state index in [0.29, 0.717) is 59.2 Å². The highest BCUT2D eigenvalue weighted by Crippen LogP contribution is 2.29. The van der Waals surface area contributed by atoms with E-state index >= 15 is 0 Å². The summed E-state index contributed by atoms with van der Waals surface area (Å²) < 4.78 is 7.34. The van der Waals surface area contributed by atoms with Gasteiger partial charge in [0.25, 0.3) is 5.91 Å². The zero-order valence-corrected chi connectivity index (χ0v) is 18.9. The summed E-state index contributed by atoms with van der Waals surface area (Å²) in [7, 11) is 0. The summed E-state index contributed by atoms with van der Waals surface area (Å²) in [6.07, 6.45) is 0.865. The van der Waals surface area contributed by atoms with Crippen molar-refractivity contribution < 1.29 is 9.53 Å². The number of rotatable bonds is 8. The van der Waals surface area contributed by atoms with Crippen molar-refractivity contribution in [1.82, 2.24) is 19.9 Å². The second kappa shape index (κ2) is 9.54. The molecular formula is C24H26ClN5O2. The topological polar surface area (TPSA) is 95.1 Å². The number of ether oxygens (including phenoxy) is 1. The number of fused-ring (bicyclic) bond motifs is 2. The van der Waals surface area contributed by atoms with Crippen LogP contribution in [0.4, 0.5) is 5.82 Å². The fourth-order valence-electron chi connectivity index (χ4n) is 3.58. The van der Waals surface area contributed by atoms with Crippen LogP contribution in [0.3, 0.4) is 0 Å². The second-order valence-electron chi connectivity index (χ2n) is 7.85. The van der Waals surface area contributed by atoms with Gasteiger partial charge in [0.05, 0.1) is 23.7 Å². The molecular weight excluding hydrogens is 426 g/mol. The van der Waals surface area contributed by atoms with E-state index in [4.69, 9.17) is 32.0 Å². The van der Waals surface area contributed by atoms with Crippen LogP contribution in [0.25, 0.3) is 22.2 Å². The van der Waals surface area contributed by atoms with Crippen molar-refractivity contribution in [3.8, 4) is 0 Å². The molecule has 166 valence electrons.